The van der Waals surface area contributed by atoms with Crippen LogP contribution in [0, 0.1) is 5.92 Å². The van der Waals surface area contributed by atoms with E-state index in [1.165, 1.54) is 42.3 Å². The van der Waals surface area contributed by atoms with E-state index in [4.69, 9.17) is 4.74 Å². The van der Waals surface area contributed by atoms with Gasteiger partial charge in [0, 0.05) is 56.9 Å². The third-order valence-electron chi connectivity index (χ3n) is 7.65. The van der Waals surface area contributed by atoms with Crippen LogP contribution in [-0.2, 0) is 9.59 Å². The van der Waals surface area contributed by atoms with E-state index < -0.39 is 24.2 Å². The minimum absolute atomic E-state index is 0.0564. The molecule has 2 amide bonds. The lowest BCUT2D eigenvalue weighted by Gasteiger charge is -2.38. The van der Waals surface area contributed by atoms with Crippen LogP contribution in [0.5, 0.6) is 11.5 Å². The summed E-state index contributed by atoms with van der Waals surface area (Å²) in [6.45, 7) is 2.74. The van der Waals surface area contributed by atoms with Crippen molar-refractivity contribution in [3.8, 4) is 11.5 Å². The lowest BCUT2D eigenvalue weighted by Crippen LogP contribution is -2.49. The normalized spacial score (nSPS) is 17.0. The van der Waals surface area contributed by atoms with E-state index in [1.54, 1.807) is 12.1 Å². The van der Waals surface area contributed by atoms with E-state index in [1.807, 2.05) is 10.2 Å². The second-order valence-electron chi connectivity index (χ2n) is 10.5. The molecule has 2 aromatic carbocycles. The molecule has 4 rings (SSSR count). The van der Waals surface area contributed by atoms with Gasteiger partial charge >= 0.3 is 18.4 Å². The number of anilines is 3. The Hall–Kier alpha value is -3.68. The minimum Gasteiger partial charge on any atom is -0.495 e. The fourth-order valence-electron chi connectivity index (χ4n) is 5.48. The molecule has 43 heavy (non-hydrogen) atoms. The van der Waals surface area contributed by atoms with Gasteiger partial charge in [-0.05, 0) is 37.1 Å². The van der Waals surface area contributed by atoms with Crippen molar-refractivity contribution in [1.82, 2.24) is 4.90 Å². The van der Waals surface area contributed by atoms with Crippen LogP contribution in [0.15, 0.2) is 42.5 Å². The highest BCUT2D eigenvalue weighted by Gasteiger charge is 2.39. The number of nitrogens with one attached hydrogen (secondary N) is 1. The van der Waals surface area contributed by atoms with Gasteiger partial charge in [0.05, 0.1) is 18.5 Å². The Morgan fingerprint density at radius 1 is 0.930 bits per heavy atom. The quantitative estimate of drug-likeness (QED) is 0.358. The zero-order valence-corrected chi connectivity index (χ0v) is 23.6. The number of carbonyl (C=O) groups excluding carboxylic acids is 2. The highest BCUT2D eigenvalue weighted by atomic mass is 19.4. The van der Waals surface area contributed by atoms with Crippen molar-refractivity contribution in [2.45, 2.75) is 44.6 Å². The summed E-state index contributed by atoms with van der Waals surface area (Å²) in [6, 6.07) is 9.93. The molecular formula is C29H34F6N4O4. The van der Waals surface area contributed by atoms with Crippen molar-refractivity contribution in [3.63, 3.8) is 0 Å². The van der Waals surface area contributed by atoms with Gasteiger partial charge in [0.15, 0.2) is 5.75 Å². The van der Waals surface area contributed by atoms with Gasteiger partial charge in [-0.2, -0.15) is 13.2 Å². The van der Waals surface area contributed by atoms with Crippen LogP contribution in [0.3, 0.4) is 0 Å². The lowest BCUT2D eigenvalue weighted by atomic mass is 9.88. The van der Waals surface area contributed by atoms with E-state index in [0.717, 1.165) is 19.3 Å². The third kappa shape index (κ3) is 8.68. The molecule has 1 aliphatic carbocycles. The lowest BCUT2D eigenvalue weighted by molar-refractivity contribution is -0.274. The van der Waals surface area contributed by atoms with Gasteiger partial charge in [0.25, 0.3) is 0 Å². The zero-order chi connectivity index (χ0) is 31.2. The number of methoxy groups -OCH3 is 1. The number of benzene rings is 2. The van der Waals surface area contributed by atoms with Crippen molar-refractivity contribution in [3.05, 3.63) is 42.5 Å². The third-order valence-corrected chi connectivity index (χ3v) is 7.65. The number of para-hydroxylation sites is 2. The van der Waals surface area contributed by atoms with Gasteiger partial charge in [-0.1, -0.05) is 31.4 Å². The minimum atomic E-state index is -5.02. The molecule has 0 atom stereocenters. The predicted octanol–water partition coefficient (Wildman–Crippen LogP) is 5.83. The van der Waals surface area contributed by atoms with E-state index in [2.05, 4.69) is 9.64 Å². The number of rotatable bonds is 9. The maximum absolute atomic E-state index is 13.6. The first-order valence-corrected chi connectivity index (χ1v) is 14.1. The Balaban J connectivity index is 1.43. The summed E-state index contributed by atoms with van der Waals surface area (Å²) in [5.41, 5.74) is 0.662. The first kappa shape index (κ1) is 32.2. The highest BCUT2D eigenvalue weighted by molar-refractivity contribution is 5.96. The van der Waals surface area contributed by atoms with Crippen LogP contribution in [0.2, 0.25) is 0 Å². The molecule has 0 spiro atoms. The average Bonchev–Trinajstić information content (AvgIpc) is 2.97. The number of halogens is 6. The molecule has 0 bridgehead atoms. The van der Waals surface area contributed by atoms with Crippen molar-refractivity contribution in [1.29, 1.82) is 0 Å². The average molecular weight is 617 g/mol. The van der Waals surface area contributed by atoms with Gasteiger partial charge < -0.3 is 24.6 Å². The van der Waals surface area contributed by atoms with Gasteiger partial charge in [-0.25, -0.2) is 0 Å². The van der Waals surface area contributed by atoms with Crippen LogP contribution >= 0.6 is 0 Å². The number of carbonyl (C=O) groups is 2. The molecule has 0 radical (unpaired) electrons. The largest absolute Gasteiger partial charge is 0.573 e. The van der Waals surface area contributed by atoms with Crippen LogP contribution in [0.25, 0.3) is 0 Å². The Morgan fingerprint density at radius 3 is 2.23 bits per heavy atom. The maximum atomic E-state index is 13.6. The number of hydrogen-bond donors (Lipinski definition) is 1. The monoisotopic (exact) mass is 616 g/mol. The molecule has 0 aromatic heterocycles. The second-order valence-corrected chi connectivity index (χ2v) is 10.5. The van der Waals surface area contributed by atoms with E-state index in [0.29, 0.717) is 57.0 Å². The van der Waals surface area contributed by atoms with Crippen molar-refractivity contribution >= 4 is 28.9 Å². The molecule has 1 saturated carbocycles. The molecule has 2 fully saturated rings. The predicted molar refractivity (Wildman–Crippen MR) is 148 cm³/mol. The fourth-order valence-corrected chi connectivity index (χ4v) is 5.48. The van der Waals surface area contributed by atoms with E-state index in [-0.39, 0.29) is 29.7 Å². The van der Waals surface area contributed by atoms with Crippen molar-refractivity contribution in [2.24, 2.45) is 5.92 Å². The Bertz CT molecular complexity index is 1260. The number of nitrogens with zero attached hydrogens (tertiary/aromatic N) is 3. The summed E-state index contributed by atoms with van der Waals surface area (Å²) in [5.74, 6) is -2.69. The van der Waals surface area contributed by atoms with Gasteiger partial charge in [0.1, 0.15) is 5.75 Å². The topological polar surface area (TPSA) is 74.4 Å². The molecule has 14 heteroatoms. The standard InChI is InChI=1S/C29H34F6N4O4/c1-42-25-19-21(36-27(41)28(30,31)32)11-12-22(25)38-16-13-37(14-17-38)15-18-39(26(40)20-7-3-2-4-8-20)23-9-5-6-10-24(23)43-29(33,34)35/h5-6,9-12,19-20H,2-4,7-8,13-18H2,1H3,(H,36,41). The molecule has 1 N–H and O–H groups in total. The SMILES string of the molecule is COc1cc(NC(=O)C(F)(F)F)ccc1N1CCN(CCN(C(=O)C2CCCCC2)c2ccccc2OC(F)(F)F)CC1. The van der Waals surface area contributed by atoms with Crippen LogP contribution in [0.1, 0.15) is 32.1 Å². The van der Waals surface area contributed by atoms with Gasteiger partial charge in [0.2, 0.25) is 5.91 Å². The molecule has 1 aliphatic heterocycles. The van der Waals surface area contributed by atoms with Gasteiger partial charge in [-0.3, -0.25) is 14.5 Å². The molecule has 236 valence electrons. The first-order valence-electron chi connectivity index (χ1n) is 14.1. The fraction of sp³-hybridized carbons (Fsp3) is 0.517. The molecule has 8 nitrogen and oxygen atoms in total. The number of piperazine rings is 1. The summed E-state index contributed by atoms with van der Waals surface area (Å²) >= 11 is 0. The van der Waals surface area contributed by atoms with E-state index >= 15 is 0 Å². The summed E-state index contributed by atoms with van der Waals surface area (Å²) < 4.78 is 87.0. The number of alkyl halides is 6. The summed E-state index contributed by atoms with van der Waals surface area (Å²) in [5, 5.41) is 1.81. The first-order chi connectivity index (χ1) is 20.4. The number of hydrogen-bond acceptors (Lipinski definition) is 6. The van der Waals surface area contributed by atoms with E-state index in [9.17, 15) is 35.9 Å². The summed E-state index contributed by atoms with van der Waals surface area (Å²) in [6.07, 6.45) is -5.73. The van der Waals surface area contributed by atoms with Crippen LogP contribution in [0.4, 0.5) is 43.4 Å². The molecule has 1 saturated heterocycles. The zero-order valence-electron chi connectivity index (χ0n) is 23.6. The van der Waals surface area contributed by atoms with Gasteiger partial charge in [-0.15, -0.1) is 13.2 Å². The number of amides is 2. The molecule has 1 heterocycles. The Morgan fingerprint density at radius 2 is 1.60 bits per heavy atom. The molecular weight excluding hydrogens is 582 g/mol. The summed E-state index contributed by atoms with van der Waals surface area (Å²) in [4.78, 5) is 30.4. The smallest absolute Gasteiger partial charge is 0.495 e. The van der Waals surface area contributed by atoms with Crippen molar-refractivity contribution in [2.75, 3.05) is 61.5 Å². The Labute approximate surface area is 245 Å². The number of ether oxygens (including phenoxy) is 2. The van der Waals surface area contributed by atoms with Crippen LogP contribution in [-0.4, -0.2) is 75.6 Å². The van der Waals surface area contributed by atoms with Crippen molar-refractivity contribution < 1.29 is 45.4 Å². The summed E-state index contributed by atoms with van der Waals surface area (Å²) in [7, 11) is 1.38. The maximum Gasteiger partial charge on any atom is 0.573 e. The highest BCUT2D eigenvalue weighted by Crippen LogP contribution is 2.36. The molecule has 2 aromatic rings. The molecule has 0 unspecified atom stereocenters. The Kier molecular flexibility index (Phi) is 10.3. The van der Waals surface area contributed by atoms with Crippen LogP contribution < -0.4 is 24.6 Å². The molecule has 2 aliphatic rings. The second kappa shape index (κ2) is 13.7.